The van der Waals surface area contributed by atoms with Gasteiger partial charge in [-0.05, 0) is 52.7 Å². The van der Waals surface area contributed by atoms with Crippen molar-refractivity contribution in [2.24, 2.45) is 0 Å². The predicted octanol–water partition coefficient (Wildman–Crippen LogP) is 5.36. The van der Waals surface area contributed by atoms with Crippen molar-refractivity contribution < 1.29 is 4.79 Å². The molecule has 0 aliphatic rings. The normalized spacial score (nSPS) is 12.5. The molecule has 30 heavy (non-hydrogen) atoms. The van der Waals surface area contributed by atoms with E-state index in [1.807, 2.05) is 76.8 Å². The third-order valence-electron chi connectivity index (χ3n) is 5.34. The summed E-state index contributed by atoms with van der Waals surface area (Å²) in [6.07, 6.45) is 0. The van der Waals surface area contributed by atoms with E-state index in [1.54, 1.807) is 15.9 Å². The number of carbonyl (C=O) groups excluding carboxylic acids is 1. The van der Waals surface area contributed by atoms with Crippen molar-refractivity contribution >= 4 is 39.2 Å². The molecule has 1 aromatic carbocycles. The van der Waals surface area contributed by atoms with Gasteiger partial charge in [-0.3, -0.25) is 14.2 Å². The van der Waals surface area contributed by atoms with E-state index in [0.29, 0.717) is 23.6 Å². The molecule has 0 radical (unpaired) electrons. The molecule has 3 aromatic rings. The standard InChI is InChI=1S/C23H29N3O2S2/c1-7-25(8-2)22(28)19(17-12-10-9-11-13-17)30-23-24-20-18(15(5)16(6)29-20)21(27)26(23)14(3)4/h9-14,19H,7-8H2,1-6H3/t19-/m1/s1. The molecular formula is C23H29N3O2S2. The summed E-state index contributed by atoms with van der Waals surface area (Å²) in [7, 11) is 0. The maximum Gasteiger partial charge on any atom is 0.263 e. The molecule has 3 rings (SSSR count). The maximum atomic E-state index is 13.4. The summed E-state index contributed by atoms with van der Waals surface area (Å²) in [5.41, 5.74) is 1.89. The first-order chi connectivity index (χ1) is 14.3. The third-order valence-corrected chi connectivity index (χ3v) is 7.65. The van der Waals surface area contributed by atoms with Crippen LogP contribution in [0, 0.1) is 13.8 Å². The number of fused-ring (bicyclic) bond motifs is 1. The first kappa shape index (κ1) is 22.6. The molecule has 0 unspecified atom stereocenters. The first-order valence-electron chi connectivity index (χ1n) is 10.3. The van der Waals surface area contributed by atoms with Crippen LogP contribution in [0.2, 0.25) is 0 Å². The lowest BCUT2D eigenvalue weighted by Gasteiger charge is -2.26. The molecule has 0 bridgehead atoms. The van der Waals surface area contributed by atoms with Gasteiger partial charge in [-0.25, -0.2) is 4.98 Å². The van der Waals surface area contributed by atoms with E-state index in [0.717, 1.165) is 20.8 Å². The van der Waals surface area contributed by atoms with Gasteiger partial charge < -0.3 is 4.90 Å². The monoisotopic (exact) mass is 443 g/mol. The second-order valence-electron chi connectivity index (χ2n) is 7.55. The largest absolute Gasteiger partial charge is 0.342 e. The minimum absolute atomic E-state index is 0.0264. The highest BCUT2D eigenvalue weighted by atomic mass is 32.2. The van der Waals surface area contributed by atoms with E-state index in [4.69, 9.17) is 4.98 Å². The maximum absolute atomic E-state index is 13.4. The van der Waals surface area contributed by atoms with Crippen molar-refractivity contribution in [3.63, 3.8) is 0 Å². The number of aromatic nitrogens is 2. The van der Waals surface area contributed by atoms with Crippen molar-refractivity contribution in [2.75, 3.05) is 13.1 Å². The highest BCUT2D eigenvalue weighted by Gasteiger charge is 2.29. The molecule has 0 spiro atoms. The van der Waals surface area contributed by atoms with Gasteiger partial charge in [-0.2, -0.15) is 0 Å². The predicted molar refractivity (Wildman–Crippen MR) is 127 cm³/mol. The van der Waals surface area contributed by atoms with Gasteiger partial charge in [0, 0.05) is 24.0 Å². The quantitative estimate of drug-likeness (QED) is 0.364. The molecule has 0 aliphatic heterocycles. The molecule has 2 aromatic heterocycles. The third kappa shape index (κ3) is 4.18. The average Bonchev–Trinajstić information content (AvgIpc) is 3.01. The summed E-state index contributed by atoms with van der Waals surface area (Å²) >= 11 is 2.92. The van der Waals surface area contributed by atoms with Crippen LogP contribution in [-0.2, 0) is 4.79 Å². The zero-order valence-corrected chi connectivity index (χ0v) is 20.1. The minimum atomic E-state index is -0.456. The van der Waals surface area contributed by atoms with Crippen LogP contribution in [0.4, 0.5) is 0 Å². The zero-order valence-electron chi connectivity index (χ0n) is 18.4. The lowest BCUT2D eigenvalue weighted by Crippen LogP contribution is -2.34. The second kappa shape index (κ2) is 9.35. The van der Waals surface area contributed by atoms with E-state index >= 15 is 0 Å². The molecule has 0 N–H and O–H groups in total. The Morgan fingerprint density at radius 2 is 1.80 bits per heavy atom. The van der Waals surface area contributed by atoms with E-state index in [1.165, 1.54) is 11.8 Å². The van der Waals surface area contributed by atoms with E-state index < -0.39 is 5.25 Å². The Labute approximate surface area is 186 Å². The van der Waals surface area contributed by atoms with Crippen LogP contribution in [0.3, 0.4) is 0 Å². The number of nitrogens with zero attached hydrogens (tertiary/aromatic N) is 3. The van der Waals surface area contributed by atoms with E-state index in [2.05, 4.69) is 0 Å². The van der Waals surface area contributed by atoms with Gasteiger partial charge in [-0.15, -0.1) is 11.3 Å². The summed E-state index contributed by atoms with van der Waals surface area (Å²) in [5.74, 6) is 0.0411. The van der Waals surface area contributed by atoms with Gasteiger partial charge in [0.25, 0.3) is 5.56 Å². The summed E-state index contributed by atoms with van der Waals surface area (Å²) in [6.45, 7) is 13.2. The SMILES string of the molecule is CCN(CC)C(=O)[C@H](Sc1nc2sc(C)c(C)c2c(=O)n1C(C)C)c1ccccc1. The number of carbonyl (C=O) groups is 1. The Balaban J connectivity index is 2.18. The lowest BCUT2D eigenvalue weighted by molar-refractivity contribution is -0.130. The molecule has 1 atom stereocenters. The summed E-state index contributed by atoms with van der Waals surface area (Å²) < 4.78 is 1.73. The Hall–Kier alpha value is -2.12. The zero-order chi connectivity index (χ0) is 22.0. The van der Waals surface area contributed by atoms with Crippen LogP contribution < -0.4 is 5.56 Å². The molecule has 2 heterocycles. The van der Waals surface area contributed by atoms with Gasteiger partial charge in [-0.1, -0.05) is 42.1 Å². The van der Waals surface area contributed by atoms with Gasteiger partial charge in [0.15, 0.2) is 5.16 Å². The lowest BCUT2D eigenvalue weighted by atomic mass is 10.1. The Morgan fingerprint density at radius 1 is 1.17 bits per heavy atom. The van der Waals surface area contributed by atoms with Crippen molar-refractivity contribution in [2.45, 2.75) is 58.0 Å². The molecule has 0 saturated heterocycles. The number of thioether (sulfide) groups is 1. The average molecular weight is 444 g/mol. The topological polar surface area (TPSA) is 55.2 Å². The van der Waals surface area contributed by atoms with Crippen LogP contribution >= 0.6 is 23.1 Å². The van der Waals surface area contributed by atoms with Crippen molar-refractivity contribution in [1.82, 2.24) is 14.5 Å². The van der Waals surface area contributed by atoms with Crippen molar-refractivity contribution in [3.8, 4) is 0 Å². The Morgan fingerprint density at radius 3 is 2.37 bits per heavy atom. The molecule has 0 saturated carbocycles. The highest BCUT2D eigenvalue weighted by Crippen LogP contribution is 2.38. The molecule has 0 fully saturated rings. The Kier molecular flexibility index (Phi) is 7.03. The van der Waals surface area contributed by atoms with Crippen LogP contribution in [0.15, 0.2) is 40.3 Å². The van der Waals surface area contributed by atoms with Gasteiger partial charge >= 0.3 is 0 Å². The van der Waals surface area contributed by atoms with E-state index in [9.17, 15) is 9.59 Å². The number of benzene rings is 1. The smallest absolute Gasteiger partial charge is 0.263 e. The van der Waals surface area contributed by atoms with Crippen LogP contribution in [0.25, 0.3) is 10.2 Å². The Bertz CT molecular complexity index is 1100. The fourth-order valence-corrected chi connectivity index (χ4v) is 5.90. The van der Waals surface area contributed by atoms with Crippen LogP contribution in [0.1, 0.15) is 55.0 Å². The summed E-state index contributed by atoms with van der Waals surface area (Å²) in [6, 6.07) is 9.70. The first-order valence-corrected chi connectivity index (χ1v) is 12.0. The summed E-state index contributed by atoms with van der Waals surface area (Å²) in [5, 5.41) is 0.836. The molecule has 160 valence electrons. The molecule has 7 heteroatoms. The summed E-state index contributed by atoms with van der Waals surface area (Å²) in [4.78, 5) is 35.3. The highest BCUT2D eigenvalue weighted by molar-refractivity contribution is 8.00. The van der Waals surface area contributed by atoms with Gasteiger partial charge in [0.05, 0.1) is 5.39 Å². The minimum Gasteiger partial charge on any atom is -0.342 e. The number of hydrogen-bond donors (Lipinski definition) is 0. The fraction of sp³-hybridized carbons (Fsp3) is 0.435. The van der Waals surface area contributed by atoms with Crippen molar-refractivity contribution in [1.29, 1.82) is 0 Å². The number of rotatable bonds is 7. The van der Waals surface area contributed by atoms with Crippen LogP contribution in [0.5, 0.6) is 0 Å². The van der Waals surface area contributed by atoms with Crippen molar-refractivity contribution in [3.05, 3.63) is 56.7 Å². The fourth-order valence-electron chi connectivity index (χ4n) is 3.52. The number of aryl methyl sites for hydroxylation is 2. The van der Waals surface area contributed by atoms with Crippen LogP contribution in [-0.4, -0.2) is 33.4 Å². The molecular weight excluding hydrogens is 414 g/mol. The number of amides is 1. The van der Waals surface area contributed by atoms with Gasteiger partial charge in [0.1, 0.15) is 10.1 Å². The number of hydrogen-bond acceptors (Lipinski definition) is 5. The van der Waals surface area contributed by atoms with Gasteiger partial charge in [0.2, 0.25) is 5.91 Å². The molecule has 1 amide bonds. The number of likely N-dealkylation sites (N-methyl/N-ethyl adjacent to an activating group) is 1. The second-order valence-corrected chi connectivity index (χ2v) is 9.82. The number of thiophene rings is 1. The van der Waals surface area contributed by atoms with E-state index in [-0.39, 0.29) is 17.5 Å². The molecule has 0 aliphatic carbocycles. The molecule has 5 nitrogen and oxygen atoms in total.